The van der Waals surface area contributed by atoms with Crippen molar-refractivity contribution < 1.29 is 20.1 Å². The molecule has 0 aliphatic heterocycles. The van der Waals surface area contributed by atoms with Crippen LogP contribution in [0.1, 0.15) is 0 Å². The molecule has 0 unspecified atom stereocenters. The Kier molecular flexibility index (Phi) is 10.5. The van der Waals surface area contributed by atoms with E-state index >= 15 is 0 Å². The van der Waals surface area contributed by atoms with E-state index in [1.807, 2.05) is 91.4 Å². The van der Waals surface area contributed by atoms with Crippen molar-refractivity contribution in [2.75, 3.05) is 0 Å². The Balaban J connectivity index is 0.000000120. The summed E-state index contributed by atoms with van der Waals surface area (Å²) in [5.41, 5.74) is 3.00. The van der Waals surface area contributed by atoms with Crippen LogP contribution in [0.15, 0.2) is 146 Å². The zero-order chi connectivity index (χ0) is 30.3. The van der Waals surface area contributed by atoms with Gasteiger partial charge >= 0.3 is 0 Å². The molecular formula is C39H24IrN3S3. The predicted octanol–water partition coefficient (Wildman–Crippen LogP) is 11.3. The van der Waals surface area contributed by atoms with Crippen molar-refractivity contribution in [3.05, 3.63) is 164 Å². The number of pyridine rings is 3. The molecule has 0 aliphatic carbocycles. The molecule has 9 aromatic rings. The van der Waals surface area contributed by atoms with Gasteiger partial charge in [0.2, 0.25) is 0 Å². The molecule has 3 nitrogen and oxygen atoms in total. The van der Waals surface area contributed by atoms with E-state index in [4.69, 9.17) is 0 Å². The maximum absolute atomic E-state index is 4.32. The van der Waals surface area contributed by atoms with Crippen LogP contribution in [-0.2, 0) is 20.1 Å². The van der Waals surface area contributed by atoms with Crippen LogP contribution in [0, 0.1) is 18.2 Å². The SMILES string of the molecule is [Ir].[c]1c(-c2ccccn2)sc2ccccc12.[c]1c(-c2ccccn2)sc2ccccc12.[c]1c(-c2ccccn2)sc2ccccc12. The number of benzene rings is 3. The van der Waals surface area contributed by atoms with Gasteiger partial charge in [0.1, 0.15) is 0 Å². The predicted molar refractivity (Wildman–Crippen MR) is 192 cm³/mol. The Hall–Kier alpha value is -4.36. The minimum Gasteiger partial charge on any atom is -0.255 e. The molecule has 9 rings (SSSR count). The van der Waals surface area contributed by atoms with Crippen molar-refractivity contribution in [1.82, 2.24) is 15.0 Å². The largest absolute Gasteiger partial charge is 0.255 e. The maximum atomic E-state index is 4.32. The minimum absolute atomic E-state index is 0. The van der Waals surface area contributed by atoms with Crippen molar-refractivity contribution in [3.63, 3.8) is 0 Å². The number of nitrogens with zero attached hydrogens (tertiary/aromatic N) is 3. The quantitative estimate of drug-likeness (QED) is 0.178. The summed E-state index contributed by atoms with van der Waals surface area (Å²) in [5.74, 6) is 0. The number of thiophene rings is 3. The third-order valence-electron chi connectivity index (χ3n) is 6.73. The summed E-state index contributed by atoms with van der Waals surface area (Å²) < 4.78 is 3.79. The molecule has 6 aromatic heterocycles. The van der Waals surface area contributed by atoms with Gasteiger partial charge in [-0.25, -0.2) is 0 Å². The first-order chi connectivity index (χ1) is 22.3. The van der Waals surface area contributed by atoms with Crippen LogP contribution < -0.4 is 0 Å². The fourth-order valence-corrected chi connectivity index (χ4v) is 7.54. The van der Waals surface area contributed by atoms with E-state index in [1.165, 1.54) is 30.3 Å². The van der Waals surface area contributed by atoms with Crippen LogP contribution in [0.25, 0.3) is 62.0 Å². The fraction of sp³-hybridized carbons (Fsp3) is 0. The summed E-state index contributed by atoms with van der Waals surface area (Å²) in [5, 5.41) is 3.51. The van der Waals surface area contributed by atoms with Crippen molar-refractivity contribution in [2.45, 2.75) is 0 Å². The van der Waals surface area contributed by atoms with Gasteiger partial charge in [-0.05, 0) is 54.6 Å². The zero-order valence-corrected chi connectivity index (χ0v) is 29.1. The van der Waals surface area contributed by atoms with Crippen LogP contribution in [-0.4, -0.2) is 15.0 Å². The van der Waals surface area contributed by atoms with E-state index in [1.54, 1.807) is 34.0 Å². The topological polar surface area (TPSA) is 38.7 Å². The number of rotatable bonds is 3. The molecule has 0 bridgehead atoms. The molecule has 0 spiro atoms. The molecule has 0 atom stereocenters. The summed E-state index contributed by atoms with van der Waals surface area (Å²) in [6.07, 6.45) is 5.44. The molecule has 4 radical (unpaired) electrons. The molecule has 46 heavy (non-hydrogen) atoms. The van der Waals surface area contributed by atoms with E-state index in [-0.39, 0.29) is 20.1 Å². The first-order valence-corrected chi connectivity index (χ1v) is 16.7. The van der Waals surface area contributed by atoms with Gasteiger partial charge in [0.15, 0.2) is 0 Å². The summed E-state index contributed by atoms with van der Waals surface area (Å²) in [6, 6.07) is 52.8. The van der Waals surface area contributed by atoms with Crippen molar-refractivity contribution in [3.8, 4) is 31.7 Å². The number of hydrogen-bond donors (Lipinski definition) is 0. The van der Waals surface area contributed by atoms with Crippen LogP contribution >= 0.6 is 34.0 Å². The summed E-state index contributed by atoms with van der Waals surface area (Å²) >= 11 is 5.20. The first kappa shape index (κ1) is 31.6. The van der Waals surface area contributed by atoms with Gasteiger partial charge in [-0.2, -0.15) is 0 Å². The second-order valence-electron chi connectivity index (χ2n) is 9.80. The Morgan fingerprint density at radius 3 is 0.891 bits per heavy atom. The third-order valence-corrected chi connectivity index (χ3v) is 10.0. The molecule has 7 heteroatoms. The van der Waals surface area contributed by atoms with Gasteiger partial charge in [-0.1, -0.05) is 72.8 Å². The number of fused-ring (bicyclic) bond motifs is 3. The van der Waals surface area contributed by atoms with Crippen LogP contribution in [0.2, 0.25) is 0 Å². The van der Waals surface area contributed by atoms with Crippen molar-refractivity contribution in [2.24, 2.45) is 0 Å². The van der Waals surface area contributed by atoms with E-state index < -0.39 is 0 Å². The average molecular weight is 823 g/mol. The van der Waals surface area contributed by atoms with E-state index in [2.05, 4.69) is 87.7 Å². The Morgan fingerprint density at radius 2 is 0.630 bits per heavy atom. The van der Waals surface area contributed by atoms with Gasteiger partial charge in [-0.15, -0.1) is 34.0 Å². The molecule has 0 aliphatic rings. The molecule has 0 N–H and O–H groups in total. The zero-order valence-electron chi connectivity index (χ0n) is 24.3. The fourth-order valence-electron chi connectivity index (χ4n) is 4.59. The van der Waals surface area contributed by atoms with E-state index in [9.17, 15) is 0 Å². The molecule has 0 fully saturated rings. The summed E-state index contributed by atoms with van der Waals surface area (Å²) in [7, 11) is 0. The Labute approximate surface area is 293 Å². The number of aromatic nitrogens is 3. The summed E-state index contributed by atoms with van der Waals surface area (Å²) in [4.78, 5) is 16.3. The van der Waals surface area contributed by atoms with Gasteiger partial charge in [0.25, 0.3) is 0 Å². The van der Waals surface area contributed by atoms with Crippen molar-refractivity contribution >= 4 is 64.3 Å². The van der Waals surface area contributed by atoms with E-state index in [0.29, 0.717) is 0 Å². The number of hydrogen-bond acceptors (Lipinski definition) is 6. The Bertz CT molecular complexity index is 1920. The van der Waals surface area contributed by atoms with Gasteiger partial charge in [-0.3, -0.25) is 15.0 Å². The minimum atomic E-state index is 0. The molecular weight excluding hydrogens is 799 g/mol. The summed E-state index contributed by atoms with van der Waals surface area (Å²) in [6.45, 7) is 0. The van der Waals surface area contributed by atoms with Gasteiger partial charge in [0, 0.05) is 87.2 Å². The molecule has 3 aromatic carbocycles. The van der Waals surface area contributed by atoms with Crippen LogP contribution in [0.5, 0.6) is 0 Å². The molecule has 0 saturated heterocycles. The van der Waals surface area contributed by atoms with Gasteiger partial charge < -0.3 is 0 Å². The van der Waals surface area contributed by atoms with Crippen LogP contribution in [0.3, 0.4) is 0 Å². The maximum Gasteiger partial charge on any atom is 0.0808 e. The average Bonchev–Trinajstić information content (AvgIpc) is 3.87. The molecule has 0 amide bonds. The first-order valence-electron chi connectivity index (χ1n) is 14.3. The van der Waals surface area contributed by atoms with Crippen LogP contribution in [0.4, 0.5) is 0 Å². The second kappa shape index (κ2) is 15.3. The molecule has 0 saturated carbocycles. The monoisotopic (exact) mass is 823 g/mol. The smallest absolute Gasteiger partial charge is 0.0808 e. The second-order valence-corrected chi connectivity index (χ2v) is 13.0. The standard InChI is InChI=1S/3C13H8NS.Ir/c3*1-2-7-12-10(5-1)9-13(15-12)11-6-3-4-8-14-11;/h3*1-8H;. The molecule has 6 heterocycles. The third kappa shape index (κ3) is 7.53. The Morgan fingerprint density at radius 1 is 0.348 bits per heavy atom. The van der Waals surface area contributed by atoms with Crippen molar-refractivity contribution in [1.29, 1.82) is 0 Å². The van der Waals surface area contributed by atoms with Gasteiger partial charge in [0.05, 0.1) is 31.7 Å². The van der Waals surface area contributed by atoms with E-state index in [0.717, 1.165) is 31.7 Å². The molecule has 222 valence electrons. The normalized spacial score (nSPS) is 10.4.